The van der Waals surface area contributed by atoms with Crippen molar-refractivity contribution in [2.45, 2.75) is 25.4 Å². The molecule has 1 aromatic heterocycles. The summed E-state index contributed by atoms with van der Waals surface area (Å²) in [5, 5.41) is 0. The molecule has 0 radical (unpaired) electrons. The monoisotopic (exact) mass is 326 g/mol. The standard InChI is InChI=1S/C19H22N2O3/c1-23-17-6-2-3-7-18(17)24-16-8-11-21(12-9-16)19(22)13-15-5-4-10-20-14-15/h2-7,10,14,16H,8-9,11-13H2,1H3. The van der Waals surface area contributed by atoms with Crippen LogP contribution in [0.5, 0.6) is 11.5 Å². The largest absolute Gasteiger partial charge is 0.493 e. The molecule has 5 nitrogen and oxygen atoms in total. The number of methoxy groups -OCH3 is 1. The van der Waals surface area contributed by atoms with Gasteiger partial charge in [-0.15, -0.1) is 0 Å². The number of carbonyl (C=O) groups is 1. The summed E-state index contributed by atoms with van der Waals surface area (Å²) in [5.74, 6) is 1.66. The van der Waals surface area contributed by atoms with Crippen LogP contribution in [-0.4, -0.2) is 42.1 Å². The zero-order chi connectivity index (χ0) is 16.8. The zero-order valence-electron chi connectivity index (χ0n) is 13.9. The summed E-state index contributed by atoms with van der Waals surface area (Å²) in [5.41, 5.74) is 0.954. The summed E-state index contributed by atoms with van der Waals surface area (Å²) in [6, 6.07) is 11.5. The Morgan fingerprint density at radius 2 is 1.92 bits per heavy atom. The topological polar surface area (TPSA) is 51.7 Å². The number of aromatic nitrogens is 1. The zero-order valence-corrected chi connectivity index (χ0v) is 13.9. The molecule has 0 bridgehead atoms. The molecular formula is C19H22N2O3. The first kappa shape index (κ1) is 16.3. The Balaban J connectivity index is 1.51. The first-order valence-electron chi connectivity index (χ1n) is 8.22. The van der Waals surface area contributed by atoms with E-state index in [2.05, 4.69) is 4.98 Å². The number of rotatable bonds is 5. The average molecular weight is 326 g/mol. The van der Waals surface area contributed by atoms with Crippen LogP contribution in [0.25, 0.3) is 0 Å². The fourth-order valence-electron chi connectivity index (χ4n) is 2.91. The molecule has 1 amide bonds. The van der Waals surface area contributed by atoms with Crippen LogP contribution in [0.2, 0.25) is 0 Å². The van der Waals surface area contributed by atoms with E-state index in [1.807, 2.05) is 41.3 Å². The van der Waals surface area contributed by atoms with Crippen LogP contribution in [-0.2, 0) is 11.2 Å². The third-order valence-corrected chi connectivity index (χ3v) is 4.24. The van der Waals surface area contributed by atoms with Gasteiger partial charge in [-0.05, 0) is 23.8 Å². The van der Waals surface area contributed by atoms with Crippen LogP contribution >= 0.6 is 0 Å². The summed E-state index contributed by atoms with van der Waals surface area (Å²) in [7, 11) is 1.64. The number of benzene rings is 1. The lowest BCUT2D eigenvalue weighted by atomic mass is 10.1. The molecule has 5 heteroatoms. The third kappa shape index (κ3) is 4.04. The van der Waals surface area contributed by atoms with Crippen molar-refractivity contribution in [1.29, 1.82) is 0 Å². The van der Waals surface area contributed by atoms with Crippen molar-refractivity contribution >= 4 is 5.91 Å². The number of hydrogen-bond acceptors (Lipinski definition) is 4. The minimum absolute atomic E-state index is 0.115. The normalized spacial score (nSPS) is 15.1. The molecule has 2 aromatic rings. The highest BCUT2D eigenvalue weighted by Crippen LogP contribution is 2.29. The maximum atomic E-state index is 12.4. The number of para-hydroxylation sites is 2. The van der Waals surface area contributed by atoms with Crippen molar-refractivity contribution in [3.8, 4) is 11.5 Å². The van der Waals surface area contributed by atoms with Crippen molar-refractivity contribution in [1.82, 2.24) is 9.88 Å². The first-order valence-corrected chi connectivity index (χ1v) is 8.22. The van der Waals surface area contributed by atoms with Crippen molar-refractivity contribution in [3.63, 3.8) is 0 Å². The Kier molecular flexibility index (Phi) is 5.31. The van der Waals surface area contributed by atoms with E-state index in [4.69, 9.17) is 9.47 Å². The molecule has 1 fully saturated rings. The van der Waals surface area contributed by atoms with Gasteiger partial charge in [0.2, 0.25) is 5.91 Å². The fourth-order valence-corrected chi connectivity index (χ4v) is 2.91. The number of carbonyl (C=O) groups excluding carboxylic acids is 1. The van der Waals surface area contributed by atoms with Gasteiger partial charge >= 0.3 is 0 Å². The summed E-state index contributed by atoms with van der Waals surface area (Å²) < 4.78 is 11.4. The SMILES string of the molecule is COc1ccccc1OC1CCN(C(=O)Cc2cccnc2)CC1. The average Bonchev–Trinajstić information content (AvgIpc) is 2.63. The van der Waals surface area contributed by atoms with Crippen LogP contribution in [0.15, 0.2) is 48.8 Å². The van der Waals surface area contributed by atoms with Crippen molar-refractivity contribution in [2.24, 2.45) is 0 Å². The summed E-state index contributed by atoms with van der Waals surface area (Å²) in [4.78, 5) is 18.3. The Morgan fingerprint density at radius 3 is 2.58 bits per heavy atom. The van der Waals surface area contributed by atoms with Gasteiger partial charge in [0.15, 0.2) is 11.5 Å². The van der Waals surface area contributed by atoms with Gasteiger partial charge < -0.3 is 14.4 Å². The lowest BCUT2D eigenvalue weighted by molar-refractivity contribution is -0.132. The first-order chi connectivity index (χ1) is 11.8. The van der Waals surface area contributed by atoms with E-state index in [0.29, 0.717) is 6.42 Å². The smallest absolute Gasteiger partial charge is 0.227 e. The second kappa shape index (κ2) is 7.81. The number of amides is 1. The highest BCUT2D eigenvalue weighted by Gasteiger charge is 2.24. The number of likely N-dealkylation sites (tertiary alicyclic amines) is 1. The molecule has 1 aliphatic rings. The maximum Gasteiger partial charge on any atom is 0.227 e. The third-order valence-electron chi connectivity index (χ3n) is 4.24. The van der Waals surface area contributed by atoms with E-state index in [0.717, 1.165) is 43.0 Å². The van der Waals surface area contributed by atoms with Gasteiger partial charge in [-0.1, -0.05) is 18.2 Å². The number of hydrogen-bond donors (Lipinski definition) is 0. The van der Waals surface area contributed by atoms with E-state index < -0.39 is 0 Å². The summed E-state index contributed by atoms with van der Waals surface area (Å²) in [6.07, 6.45) is 5.65. The Labute approximate surface area is 142 Å². The van der Waals surface area contributed by atoms with Crippen LogP contribution < -0.4 is 9.47 Å². The van der Waals surface area contributed by atoms with Crippen LogP contribution in [0, 0.1) is 0 Å². The highest BCUT2D eigenvalue weighted by molar-refractivity contribution is 5.78. The van der Waals surface area contributed by atoms with Crippen LogP contribution in [0.1, 0.15) is 18.4 Å². The Hall–Kier alpha value is -2.56. The lowest BCUT2D eigenvalue weighted by Crippen LogP contribution is -2.42. The van der Waals surface area contributed by atoms with E-state index in [1.165, 1.54) is 0 Å². The molecule has 2 heterocycles. The van der Waals surface area contributed by atoms with Gasteiger partial charge in [0.05, 0.1) is 13.5 Å². The Morgan fingerprint density at radius 1 is 1.17 bits per heavy atom. The van der Waals surface area contributed by atoms with Crippen molar-refractivity contribution in [2.75, 3.05) is 20.2 Å². The predicted octanol–water partition coefficient (Wildman–Crippen LogP) is 2.70. The molecule has 0 unspecified atom stereocenters. The Bertz CT molecular complexity index is 667. The fraction of sp³-hybridized carbons (Fsp3) is 0.368. The molecule has 1 aromatic carbocycles. The van der Waals surface area contributed by atoms with Gasteiger partial charge in [0, 0.05) is 38.3 Å². The molecule has 3 rings (SSSR count). The van der Waals surface area contributed by atoms with Crippen LogP contribution in [0.3, 0.4) is 0 Å². The lowest BCUT2D eigenvalue weighted by Gasteiger charge is -2.32. The minimum atomic E-state index is 0.115. The molecule has 24 heavy (non-hydrogen) atoms. The second-order valence-corrected chi connectivity index (χ2v) is 5.89. The van der Waals surface area contributed by atoms with E-state index in [-0.39, 0.29) is 12.0 Å². The molecular weight excluding hydrogens is 304 g/mol. The molecule has 0 N–H and O–H groups in total. The minimum Gasteiger partial charge on any atom is -0.493 e. The van der Waals surface area contributed by atoms with Gasteiger partial charge in [-0.3, -0.25) is 9.78 Å². The maximum absolute atomic E-state index is 12.4. The van der Waals surface area contributed by atoms with Gasteiger partial charge in [0.25, 0.3) is 0 Å². The van der Waals surface area contributed by atoms with Crippen molar-refractivity contribution in [3.05, 3.63) is 54.4 Å². The molecule has 0 saturated carbocycles. The highest BCUT2D eigenvalue weighted by atomic mass is 16.5. The number of pyridine rings is 1. The molecule has 0 spiro atoms. The molecule has 1 aliphatic heterocycles. The number of piperidine rings is 1. The van der Waals surface area contributed by atoms with Crippen LogP contribution in [0.4, 0.5) is 0 Å². The van der Waals surface area contributed by atoms with E-state index in [1.54, 1.807) is 19.5 Å². The van der Waals surface area contributed by atoms with Gasteiger partial charge in [0.1, 0.15) is 6.10 Å². The molecule has 0 aliphatic carbocycles. The molecule has 126 valence electrons. The van der Waals surface area contributed by atoms with Gasteiger partial charge in [-0.25, -0.2) is 0 Å². The molecule has 0 atom stereocenters. The predicted molar refractivity (Wildman–Crippen MR) is 91.2 cm³/mol. The second-order valence-electron chi connectivity index (χ2n) is 5.89. The summed E-state index contributed by atoms with van der Waals surface area (Å²) in [6.45, 7) is 1.44. The van der Waals surface area contributed by atoms with E-state index >= 15 is 0 Å². The van der Waals surface area contributed by atoms with Crippen molar-refractivity contribution < 1.29 is 14.3 Å². The van der Waals surface area contributed by atoms with E-state index in [9.17, 15) is 4.79 Å². The number of ether oxygens (including phenoxy) is 2. The van der Waals surface area contributed by atoms with Gasteiger partial charge in [-0.2, -0.15) is 0 Å². The molecule has 1 saturated heterocycles. The quantitative estimate of drug-likeness (QED) is 0.848. The number of nitrogens with zero attached hydrogens (tertiary/aromatic N) is 2. The summed E-state index contributed by atoms with van der Waals surface area (Å²) >= 11 is 0.